The van der Waals surface area contributed by atoms with Crippen molar-refractivity contribution in [2.45, 2.75) is 150 Å². The minimum atomic E-state index is -1.29. The molecular formula is C39H60ClN7O12Si. The monoisotopic (exact) mass is 881 g/mol. The fourth-order valence-electron chi connectivity index (χ4n) is 5.71. The Kier molecular flexibility index (Phi) is 15.4. The van der Waals surface area contributed by atoms with E-state index in [1.807, 2.05) is 0 Å². The van der Waals surface area contributed by atoms with Crippen LogP contribution in [0.25, 0.3) is 11.2 Å². The molecule has 4 rings (SSSR count). The third-order valence-corrected chi connectivity index (χ3v) is 10.3. The zero-order valence-corrected chi connectivity index (χ0v) is 38.8. The molecule has 3 aromatic heterocycles. The number of nitrogens with zero attached hydrogens (tertiary/aromatic N) is 7. The van der Waals surface area contributed by atoms with Crippen LogP contribution in [-0.2, 0) is 49.4 Å². The Morgan fingerprint density at radius 1 is 0.950 bits per heavy atom. The number of fused-ring (bicyclic) bond motifs is 1. The molecule has 1 aliphatic rings. The second-order valence-corrected chi connectivity index (χ2v) is 24.5. The molecule has 2 amide bonds. The molecule has 1 unspecified atom stereocenters. The van der Waals surface area contributed by atoms with Crippen LogP contribution < -0.4 is 4.90 Å². The molecule has 0 radical (unpaired) electrons. The van der Waals surface area contributed by atoms with Gasteiger partial charge in [-0.15, -0.1) is 0 Å². The van der Waals surface area contributed by atoms with E-state index >= 15 is 0 Å². The van der Waals surface area contributed by atoms with Crippen LogP contribution in [0.3, 0.4) is 0 Å². The molecule has 0 aliphatic carbocycles. The van der Waals surface area contributed by atoms with E-state index in [2.05, 4.69) is 39.7 Å². The van der Waals surface area contributed by atoms with Gasteiger partial charge in [-0.3, -0.25) is 4.57 Å². The number of imidazole rings is 1. The number of carbonyl (C=O) groups is 4. The molecule has 1 aliphatic heterocycles. The van der Waals surface area contributed by atoms with Gasteiger partial charge in [-0.05, 0) is 92.9 Å². The minimum absolute atomic E-state index is 0.000627. The number of hydrogen-bond acceptors (Lipinski definition) is 16. The van der Waals surface area contributed by atoms with E-state index in [0.717, 1.165) is 6.04 Å². The highest BCUT2D eigenvalue weighted by Gasteiger charge is 2.48. The summed E-state index contributed by atoms with van der Waals surface area (Å²) in [5, 5.41) is 4.16. The molecular weight excluding hydrogens is 822 g/mol. The third kappa shape index (κ3) is 13.6. The van der Waals surface area contributed by atoms with Gasteiger partial charge in [-0.2, -0.15) is 20.0 Å². The number of carbonyl (C=O) groups excluding carboxylic acids is 4. The molecule has 0 bridgehead atoms. The molecule has 1 saturated heterocycles. The summed E-state index contributed by atoms with van der Waals surface area (Å²) < 4.78 is 49.4. The first-order valence-corrected chi connectivity index (χ1v) is 23.9. The van der Waals surface area contributed by atoms with Gasteiger partial charge in [0, 0.05) is 26.8 Å². The number of rotatable bonds is 14. The molecule has 4 heterocycles. The van der Waals surface area contributed by atoms with Gasteiger partial charge in [0.1, 0.15) is 29.2 Å². The Bertz CT molecular complexity index is 1950. The molecule has 3 aromatic rings. The SMILES string of the molecule is CCOC(=O)C(OC[C@H]1O[C@@H](n2cnc3c(N(C(=O)OC(C)(C)C)C(=O)OC(C)(C)C)nc(Cl)nc32)[C@H](OC(=O)OC(C)(C)C)[C@@H]1C)c1ccn(COCC[Si](C)(C)C)n1. The minimum Gasteiger partial charge on any atom is -0.464 e. The van der Waals surface area contributed by atoms with Crippen molar-refractivity contribution in [2.75, 3.05) is 24.7 Å². The molecule has 5 atom stereocenters. The fourth-order valence-corrected chi connectivity index (χ4v) is 6.62. The zero-order chi connectivity index (χ0) is 45.0. The summed E-state index contributed by atoms with van der Waals surface area (Å²) in [6, 6.07) is 2.64. The summed E-state index contributed by atoms with van der Waals surface area (Å²) in [7, 11) is -1.29. The van der Waals surface area contributed by atoms with Crippen molar-refractivity contribution in [1.29, 1.82) is 0 Å². The van der Waals surface area contributed by atoms with Crippen LogP contribution in [-0.4, -0.2) is 111 Å². The predicted octanol–water partition coefficient (Wildman–Crippen LogP) is 7.84. The summed E-state index contributed by atoms with van der Waals surface area (Å²) >= 11 is 6.46. The van der Waals surface area contributed by atoms with Crippen LogP contribution >= 0.6 is 11.6 Å². The summed E-state index contributed by atoms with van der Waals surface area (Å²) in [6.07, 6.45) is -4.46. The highest BCUT2D eigenvalue weighted by Crippen LogP contribution is 2.40. The van der Waals surface area contributed by atoms with Crippen molar-refractivity contribution in [2.24, 2.45) is 5.92 Å². The van der Waals surface area contributed by atoms with Crippen LogP contribution in [0.1, 0.15) is 94.2 Å². The average molecular weight is 882 g/mol. The lowest BCUT2D eigenvalue weighted by Gasteiger charge is -2.28. The average Bonchev–Trinajstić information content (AvgIpc) is 3.79. The maximum Gasteiger partial charge on any atom is 0.509 e. The lowest BCUT2D eigenvalue weighted by molar-refractivity contribution is -0.161. The number of anilines is 1. The van der Waals surface area contributed by atoms with Gasteiger partial charge in [0.05, 0.1) is 25.6 Å². The first-order valence-electron chi connectivity index (χ1n) is 19.8. The standard InChI is InChI=1S/C39H60ClN7O12Si/c1-15-53-32(48)28(24-16-17-45(44-24)22-52-18-19-60(12,13)14)54-20-25-23(2)27(56-36(51)59-39(9,10)11)31(55-25)46-21-41-26-29(46)42-33(40)43-30(26)47(34(49)57-37(3,4)5)35(50)58-38(6,7)8/h16-17,21,23,25,27-28,31H,15,18-20,22H2,1-14H3/t23-,25-,27-,28?,31-/m1/s1. The first-order chi connectivity index (χ1) is 27.7. The molecule has 0 N–H and O–H groups in total. The van der Waals surface area contributed by atoms with Crippen molar-refractivity contribution in [3.05, 3.63) is 29.6 Å². The summed E-state index contributed by atoms with van der Waals surface area (Å²) in [5.41, 5.74) is -2.69. The lowest BCUT2D eigenvalue weighted by Crippen LogP contribution is -2.44. The number of aromatic nitrogens is 6. The highest BCUT2D eigenvalue weighted by molar-refractivity contribution is 6.76. The van der Waals surface area contributed by atoms with Crippen LogP contribution in [0.2, 0.25) is 31.0 Å². The first kappa shape index (κ1) is 48.3. The molecule has 0 saturated carbocycles. The maximum atomic E-state index is 13.6. The Labute approximate surface area is 356 Å². The number of ether oxygens (including phenoxy) is 8. The molecule has 0 spiro atoms. The van der Waals surface area contributed by atoms with E-state index in [4.69, 9.17) is 49.5 Å². The van der Waals surface area contributed by atoms with E-state index in [1.165, 1.54) is 10.9 Å². The van der Waals surface area contributed by atoms with Crippen LogP contribution in [0.4, 0.5) is 20.2 Å². The second-order valence-electron chi connectivity index (χ2n) is 18.5. The van der Waals surface area contributed by atoms with Crippen LogP contribution in [0.5, 0.6) is 0 Å². The Balaban J connectivity index is 1.70. The van der Waals surface area contributed by atoms with Crippen LogP contribution in [0, 0.1) is 5.92 Å². The van der Waals surface area contributed by atoms with Crippen LogP contribution in [0.15, 0.2) is 18.6 Å². The van der Waals surface area contributed by atoms with Gasteiger partial charge < -0.3 is 37.9 Å². The molecule has 60 heavy (non-hydrogen) atoms. The van der Waals surface area contributed by atoms with Gasteiger partial charge in [-0.25, -0.2) is 28.8 Å². The molecule has 1 fully saturated rings. The second kappa shape index (κ2) is 19.1. The van der Waals surface area contributed by atoms with Gasteiger partial charge in [0.25, 0.3) is 0 Å². The predicted molar refractivity (Wildman–Crippen MR) is 221 cm³/mol. The number of imide groups is 1. The maximum absolute atomic E-state index is 13.6. The van der Waals surface area contributed by atoms with Gasteiger partial charge in [0.2, 0.25) is 5.28 Å². The topological polar surface area (TPSA) is 207 Å². The van der Waals surface area contributed by atoms with Crippen molar-refractivity contribution < 1.29 is 57.1 Å². The number of halogens is 1. The summed E-state index contributed by atoms with van der Waals surface area (Å²) in [4.78, 5) is 67.3. The third-order valence-electron chi connectivity index (χ3n) is 8.41. The number of hydrogen-bond donors (Lipinski definition) is 0. The quantitative estimate of drug-likeness (QED) is 0.0497. The van der Waals surface area contributed by atoms with E-state index in [1.54, 1.807) is 93.1 Å². The van der Waals surface area contributed by atoms with E-state index in [9.17, 15) is 19.2 Å². The Hall–Kier alpha value is -4.37. The fraction of sp³-hybridized carbons (Fsp3) is 0.692. The number of esters is 1. The van der Waals surface area contributed by atoms with Crippen molar-refractivity contribution in [1.82, 2.24) is 29.3 Å². The van der Waals surface area contributed by atoms with Gasteiger partial charge >= 0.3 is 24.3 Å². The molecule has 21 heteroatoms. The normalized spacial score (nSPS) is 19.2. The highest BCUT2D eigenvalue weighted by atomic mass is 35.5. The molecule has 0 aromatic carbocycles. The lowest BCUT2D eigenvalue weighted by atomic mass is 10.0. The smallest absolute Gasteiger partial charge is 0.464 e. The molecule has 19 nitrogen and oxygen atoms in total. The van der Waals surface area contributed by atoms with E-state index in [0.29, 0.717) is 17.2 Å². The van der Waals surface area contributed by atoms with Gasteiger partial charge in [-0.1, -0.05) is 26.6 Å². The number of amides is 2. The van der Waals surface area contributed by atoms with Crippen molar-refractivity contribution >= 4 is 61.0 Å². The van der Waals surface area contributed by atoms with E-state index < -0.39 is 79.6 Å². The summed E-state index contributed by atoms with van der Waals surface area (Å²) in [6.45, 7) is 25.8. The summed E-state index contributed by atoms with van der Waals surface area (Å²) in [5.74, 6) is -1.59. The Morgan fingerprint density at radius 3 is 2.13 bits per heavy atom. The largest absolute Gasteiger partial charge is 0.509 e. The van der Waals surface area contributed by atoms with Gasteiger partial charge in [0.15, 0.2) is 35.4 Å². The van der Waals surface area contributed by atoms with E-state index in [-0.39, 0.29) is 42.2 Å². The van der Waals surface area contributed by atoms with Crippen molar-refractivity contribution in [3.8, 4) is 0 Å². The molecule has 334 valence electrons. The van der Waals surface area contributed by atoms with Crippen molar-refractivity contribution in [3.63, 3.8) is 0 Å². The zero-order valence-electron chi connectivity index (χ0n) is 37.1. The Morgan fingerprint density at radius 2 is 1.57 bits per heavy atom.